The van der Waals surface area contributed by atoms with Gasteiger partial charge in [-0.25, -0.2) is 0 Å². The highest BCUT2D eigenvalue weighted by atomic mass is 32.2. The SMILES string of the molecule is CC(C)SCCC1C=CC1. The molecule has 0 aromatic carbocycles. The first-order chi connectivity index (χ1) is 4.79. The van der Waals surface area contributed by atoms with Crippen LogP contribution >= 0.6 is 11.8 Å². The molecule has 0 radical (unpaired) electrons. The second-order valence-corrected chi connectivity index (χ2v) is 4.82. The highest BCUT2D eigenvalue weighted by molar-refractivity contribution is 7.99. The van der Waals surface area contributed by atoms with Crippen molar-refractivity contribution in [3.63, 3.8) is 0 Å². The monoisotopic (exact) mass is 156 g/mol. The molecule has 1 atom stereocenters. The predicted molar refractivity (Wildman–Crippen MR) is 49.5 cm³/mol. The van der Waals surface area contributed by atoms with Gasteiger partial charge in [0.25, 0.3) is 0 Å². The van der Waals surface area contributed by atoms with E-state index in [1.165, 1.54) is 18.6 Å². The van der Waals surface area contributed by atoms with Crippen LogP contribution in [-0.2, 0) is 0 Å². The third-order valence-electron chi connectivity index (χ3n) is 1.79. The molecule has 0 aromatic heterocycles. The maximum atomic E-state index is 2.33. The van der Waals surface area contributed by atoms with Gasteiger partial charge in [-0.05, 0) is 29.8 Å². The first-order valence-electron chi connectivity index (χ1n) is 4.07. The summed E-state index contributed by atoms with van der Waals surface area (Å²) in [5, 5.41) is 0.809. The minimum absolute atomic E-state index is 0.809. The standard InChI is InChI=1S/C9H16S/c1-8(2)10-7-6-9-4-3-5-9/h3-4,8-9H,5-7H2,1-2H3. The second-order valence-electron chi connectivity index (χ2n) is 3.13. The van der Waals surface area contributed by atoms with E-state index < -0.39 is 0 Å². The van der Waals surface area contributed by atoms with Crippen LogP contribution in [0.2, 0.25) is 0 Å². The smallest absolute Gasteiger partial charge is 0.000968 e. The van der Waals surface area contributed by atoms with Gasteiger partial charge in [-0.3, -0.25) is 0 Å². The molecule has 0 saturated carbocycles. The Morgan fingerprint density at radius 2 is 2.30 bits per heavy atom. The summed E-state index contributed by atoms with van der Waals surface area (Å²) in [6, 6.07) is 0. The molecule has 58 valence electrons. The van der Waals surface area contributed by atoms with E-state index in [0.717, 1.165) is 11.2 Å². The average Bonchev–Trinajstić information content (AvgIpc) is 1.75. The lowest BCUT2D eigenvalue weighted by molar-refractivity contribution is 0.594. The van der Waals surface area contributed by atoms with Crippen LogP contribution in [0.5, 0.6) is 0 Å². The maximum Gasteiger partial charge on any atom is -0.000968 e. The van der Waals surface area contributed by atoms with E-state index in [2.05, 4.69) is 37.8 Å². The van der Waals surface area contributed by atoms with Crippen LogP contribution in [0, 0.1) is 5.92 Å². The van der Waals surface area contributed by atoms with Crippen LogP contribution in [0.15, 0.2) is 12.2 Å². The largest absolute Gasteiger partial charge is 0.159 e. The first-order valence-corrected chi connectivity index (χ1v) is 5.12. The Hall–Kier alpha value is 0.0900. The summed E-state index contributed by atoms with van der Waals surface area (Å²) >= 11 is 2.07. The number of rotatable bonds is 4. The van der Waals surface area contributed by atoms with Crippen LogP contribution in [0.25, 0.3) is 0 Å². The van der Waals surface area contributed by atoms with E-state index in [-0.39, 0.29) is 0 Å². The number of allylic oxidation sites excluding steroid dienone is 2. The molecular weight excluding hydrogens is 140 g/mol. The van der Waals surface area contributed by atoms with Gasteiger partial charge in [-0.1, -0.05) is 26.0 Å². The summed E-state index contributed by atoms with van der Waals surface area (Å²) in [5.74, 6) is 2.26. The molecule has 1 rings (SSSR count). The minimum Gasteiger partial charge on any atom is -0.159 e. The van der Waals surface area contributed by atoms with E-state index in [1.54, 1.807) is 0 Å². The van der Waals surface area contributed by atoms with Crippen LogP contribution in [-0.4, -0.2) is 11.0 Å². The minimum atomic E-state index is 0.809. The Kier molecular flexibility index (Phi) is 3.33. The van der Waals surface area contributed by atoms with Gasteiger partial charge in [0.2, 0.25) is 0 Å². The van der Waals surface area contributed by atoms with Crippen molar-refractivity contribution in [2.24, 2.45) is 5.92 Å². The molecule has 0 saturated heterocycles. The molecule has 1 heteroatoms. The highest BCUT2D eigenvalue weighted by Crippen LogP contribution is 2.23. The molecule has 1 unspecified atom stereocenters. The summed E-state index contributed by atoms with van der Waals surface area (Å²) in [6.07, 6.45) is 7.32. The molecule has 0 fully saturated rings. The predicted octanol–water partition coefficient (Wildman–Crippen LogP) is 3.09. The van der Waals surface area contributed by atoms with E-state index in [0.29, 0.717) is 0 Å². The average molecular weight is 156 g/mol. The van der Waals surface area contributed by atoms with Gasteiger partial charge >= 0.3 is 0 Å². The van der Waals surface area contributed by atoms with Crippen molar-refractivity contribution in [1.82, 2.24) is 0 Å². The zero-order valence-electron chi connectivity index (χ0n) is 6.84. The summed E-state index contributed by atoms with van der Waals surface area (Å²) < 4.78 is 0. The third kappa shape index (κ3) is 2.78. The van der Waals surface area contributed by atoms with Gasteiger partial charge in [-0.2, -0.15) is 11.8 Å². The van der Waals surface area contributed by atoms with Crippen LogP contribution in [0.4, 0.5) is 0 Å². The van der Waals surface area contributed by atoms with Crippen molar-refractivity contribution in [2.75, 3.05) is 5.75 Å². The maximum absolute atomic E-state index is 2.33. The fourth-order valence-electron chi connectivity index (χ4n) is 0.998. The lowest BCUT2D eigenvalue weighted by atomic mass is 9.93. The molecule has 0 spiro atoms. The number of hydrogen-bond donors (Lipinski definition) is 0. The molecular formula is C9H16S. The molecule has 1 aliphatic rings. The van der Waals surface area contributed by atoms with E-state index >= 15 is 0 Å². The molecule has 0 aliphatic heterocycles. The zero-order chi connectivity index (χ0) is 7.40. The molecule has 0 N–H and O–H groups in total. The zero-order valence-corrected chi connectivity index (χ0v) is 7.66. The molecule has 0 nitrogen and oxygen atoms in total. The van der Waals surface area contributed by atoms with E-state index in [4.69, 9.17) is 0 Å². The van der Waals surface area contributed by atoms with Gasteiger partial charge < -0.3 is 0 Å². The molecule has 0 amide bonds. The molecule has 0 aromatic rings. The van der Waals surface area contributed by atoms with Crippen LogP contribution in [0.3, 0.4) is 0 Å². The third-order valence-corrected chi connectivity index (χ3v) is 2.92. The van der Waals surface area contributed by atoms with Crippen LogP contribution in [0.1, 0.15) is 26.7 Å². The second kappa shape index (κ2) is 4.07. The van der Waals surface area contributed by atoms with Gasteiger partial charge in [0, 0.05) is 0 Å². The molecule has 10 heavy (non-hydrogen) atoms. The Balaban J connectivity index is 1.90. The quantitative estimate of drug-likeness (QED) is 0.564. The van der Waals surface area contributed by atoms with E-state index in [1.807, 2.05) is 0 Å². The Morgan fingerprint density at radius 3 is 2.70 bits per heavy atom. The van der Waals surface area contributed by atoms with Crippen molar-refractivity contribution in [1.29, 1.82) is 0 Å². The highest BCUT2D eigenvalue weighted by Gasteiger charge is 2.09. The molecule has 0 heterocycles. The van der Waals surface area contributed by atoms with Crippen molar-refractivity contribution in [3.8, 4) is 0 Å². The topological polar surface area (TPSA) is 0 Å². The van der Waals surface area contributed by atoms with Crippen molar-refractivity contribution in [2.45, 2.75) is 31.9 Å². The van der Waals surface area contributed by atoms with Gasteiger partial charge in [0.05, 0.1) is 0 Å². The molecule has 1 aliphatic carbocycles. The van der Waals surface area contributed by atoms with Crippen molar-refractivity contribution >= 4 is 11.8 Å². The summed E-state index contributed by atoms with van der Waals surface area (Å²) in [5.41, 5.74) is 0. The number of hydrogen-bond acceptors (Lipinski definition) is 1. The Labute approximate surface area is 68.1 Å². The normalized spacial score (nSPS) is 23.3. The number of thioether (sulfide) groups is 1. The first kappa shape index (κ1) is 8.19. The molecule has 0 bridgehead atoms. The fourth-order valence-corrected chi connectivity index (χ4v) is 1.91. The summed E-state index contributed by atoms with van der Waals surface area (Å²) in [7, 11) is 0. The van der Waals surface area contributed by atoms with Gasteiger partial charge in [-0.15, -0.1) is 0 Å². The van der Waals surface area contributed by atoms with Crippen molar-refractivity contribution in [3.05, 3.63) is 12.2 Å². The lowest BCUT2D eigenvalue weighted by Crippen LogP contribution is -2.04. The Bertz CT molecular complexity index is 116. The lowest BCUT2D eigenvalue weighted by Gasteiger charge is -2.17. The summed E-state index contributed by atoms with van der Waals surface area (Å²) in [6.45, 7) is 4.53. The summed E-state index contributed by atoms with van der Waals surface area (Å²) in [4.78, 5) is 0. The van der Waals surface area contributed by atoms with Crippen LogP contribution < -0.4 is 0 Å². The fraction of sp³-hybridized carbons (Fsp3) is 0.778. The van der Waals surface area contributed by atoms with Gasteiger partial charge in [0.1, 0.15) is 0 Å². The van der Waals surface area contributed by atoms with Gasteiger partial charge in [0.15, 0.2) is 0 Å². The Morgan fingerprint density at radius 1 is 1.60 bits per heavy atom. The van der Waals surface area contributed by atoms with E-state index in [9.17, 15) is 0 Å². The van der Waals surface area contributed by atoms with Crippen molar-refractivity contribution < 1.29 is 0 Å².